The van der Waals surface area contributed by atoms with Crippen LogP contribution in [-0.2, 0) is 10.2 Å². The Morgan fingerprint density at radius 1 is 1.55 bits per heavy atom. The molecule has 1 aromatic rings. The number of aliphatic hydroxyl groups is 1. The van der Waals surface area contributed by atoms with Crippen LogP contribution in [0.5, 0.6) is 0 Å². The van der Waals surface area contributed by atoms with Gasteiger partial charge in [0.1, 0.15) is 6.04 Å². The predicted molar refractivity (Wildman–Crippen MR) is 80.5 cm³/mol. The molecule has 0 bridgehead atoms. The molecule has 7 nitrogen and oxygen atoms in total. The summed E-state index contributed by atoms with van der Waals surface area (Å²) in [5, 5.41) is 22.2. The monoisotopic (exact) mass is 327 g/mol. The Labute approximate surface area is 131 Å². The van der Waals surface area contributed by atoms with Crippen molar-refractivity contribution in [3.63, 3.8) is 0 Å². The smallest absolute Gasteiger partial charge is 0.326 e. The van der Waals surface area contributed by atoms with Gasteiger partial charge < -0.3 is 15.5 Å². The number of halogens is 1. The van der Waals surface area contributed by atoms with E-state index in [1.807, 2.05) is 0 Å². The summed E-state index contributed by atoms with van der Waals surface area (Å²) in [5.41, 5.74) is -1.08. The SMILES string of the molecule is C[C@@]1(CO)C[C@@H](C(=O)O)n2c1c(Cl)nc(NC1CCC1)c2=O. The zero-order valence-electron chi connectivity index (χ0n) is 12.2. The fraction of sp³-hybridized carbons (Fsp3) is 0.643. The fourth-order valence-corrected chi connectivity index (χ4v) is 3.55. The second-order valence-corrected chi connectivity index (χ2v) is 6.68. The van der Waals surface area contributed by atoms with Crippen LogP contribution in [0.15, 0.2) is 4.79 Å². The number of nitrogens with zero attached hydrogens (tertiary/aromatic N) is 2. The van der Waals surface area contributed by atoms with Crippen molar-refractivity contribution >= 4 is 23.4 Å². The van der Waals surface area contributed by atoms with E-state index in [2.05, 4.69) is 10.3 Å². The van der Waals surface area contributed by atoms with E-state index in [-0.39, 0.29) is 30.0 Å². The number of hydrogen-bond acceptors (Lipinski definition) is 5. The second kappa shape index (κ2) is 5.24. The van der Waals surface area contributed by atoms with Gasteiger partial charge in [0, 0.05) is 11.5 Å². The first kappa shape index (κ1) is 15.3. The summed E-state index contributed by atoms with van der Waals surface area (Å²) in [5.74, 6) is -1.02. The predicted octanol–water partition coefficient (Wildman–Crippen LogP) is 1.14. The standard InChI is InChI=1S/C14H18ClN3O4/c1-14(6-19)5-8(13(21)22)18-9(14)10(15)17-11(12(18)20)16-7-3-2-4-7/h7-8,19H,2-6H2,1H3,(H,16,17)(H,21,22)/t8-,14-/m0/s1. The third-order valence-electron chi connectivity index (χ3n) is 4.67. The molecule has 0 saturated heterocycles. The topological polar surface area (TPSA) is 104 Å². The normalized spacial score (nSPS) is 27.3. The zero-order chi connectivity index (χ0) is 16.1. The maximum Gasteiger partial charge on any atom is 0.326 e. The van der Waals surface area contributed by atoms with Crippen LogP contribution in [0.25, 0.3) is 0 Å². The van der Waals surface area contributed by atoms with Crippen LogP contribution in [0.1, 0.15) is 44.3 Å². The molecule has 0 aromatic carbocycles. The molecule has 1 aliphatic heterocycles. The average molecular weight is 328 g/mol. The molecule has 1 fully saturated rings. The Kier molecular flexibility index (Phi) is 3.65. The number of fused-ring (bicyclic) bond motifs is 1. The number of aliphatic hydroxyl groups excluding tert-OH is 1. The largest absolute Gasteiger partial charge is 0.480 e. The maximum atomic E-state index is 12.6. The highest BCUT2D eigenvalue weighted by Crippen LogP contribution is 2.43. The Morgan fingerprint density at radius 3 is 2.73 bits per heavy atom. The van der Waals surface area contributed by atoms with Gasteiger partial charge in [-0.1, -0.05) is 18.5 Å². The van der Waals surface area contributed by atoms with Gasteiger partial charge in [-0.15, -0.1) is 0 Å². The van der Waals surface area contributed by atoms with Gasteiger partial charge in [0.25, 0.3) is 5.56 Å². The summed E-state index contributed by atoms with van der Waals surface area (Å²) in [6, 6.07) is -0.856. The van der Waals surface area contributed by atoms with E-state index >= 15 is 0 Å². The first-order valence-electron chi connectivity index (χ1n) is 7.30. The van der Waals surface area contributed by atoms with E-state index in [9.17, 15) is 19.8 Å². The van der Waals surface area contributed by atoms with Gasteiger partial charge in [0.2, 0.25) is 0 Å². The van der Waals surface area contributed by atoms with Crippen LogP contribution in [0.4, 0.5) is 5.82 Å². The molecule has 0 amide bonds. The van der Waals surface area contributed by atoms with E-state index in [0.29, 0.717) is 5.69 Å². The van der Waals surface area contributed by atoms with Crippen molar-refractivity contribution in [2.75, 3.05) is 11.9 Å². The number of aromatic nitrogens is 2. The molecule has 22 heavy (non-hydrogen) atoms. The number of rotatable bonds is 4. The molecule has 0 spiro atoms. The summed E-state index contributed by atoms with van der Waals surface area (Å²) in [4.78, 5) is 28.3. The van der Waals surface area contributed by atoms with Crippen molar-refractivity contribution in [2.24, 2.45) is 0 Å². The van der Waals surface area contributed by atoms with Crippen LogP contribution in [0.2, 0.25) is 5.15 Å². The summed E-state index contributed by atoms with van der Waals surface area (Å²) in [7, 11) is 0. The molecule has 1 saturated carbocycles. The van der Waals surface area contributed by atoms with Crippen molar-refractivity contribution in [1.29, 1.82) is 0 Å². The van der Waals surface area contributed by atoms with Gasteiger partial charge in [-0.3, -0.25) is 9.36 Å². The van der Waals surface area contributed by atoms with Crippen LogP contribution in [-0.4, -0.2) is 38.4 Å². The third-order valence-corrected chi connectivity index (χ3v) is 4.94. The highest BCUT2D eigenvalue weighted by Gasteiger charge is 2.46. The highest BCUT2D eigenvalue weighted by molar-refractivity contribution is 6.30. The highest BCUT2D eigenvalue weighted by atomic mass is 35.5. The van der Waals surface area contributed by atoms with Crippen molar-refractivity contribution in [1.82, 2.24) is 9.55 Å². The lowest BCUT2D eigenvalue weighted by atomic mass is 9.85. The van der Waals surface area contributed by atoms with Gasteiger partial charge in [-0.25, -0.2) is 9.78 Å². The molecule has 1 aliphatic carbocycles. The second-order valence-electron chi connectivity index (χ2n) is 6.32. The molecule has 3 N–H and O–H groups in total. The van der Waals surface area contributed by atoms with Crippen LogP contribution < -0.4 is 10.9 Å². The maximum absolute atomic E-state index is 12.6. The van der Waals surface area contributed by atoms with E-state index in [1.165, 1.54) is 4.57 Å². The van der Waals surface area contributed by atoms with Crippen molar-refractivity contribution in [3.05, 3.63) is 21.2 Å². The minimum absolute atomic E-state index is 0.0710. The molecule has 0 radical (unpaired) electrons. The van der Waals surface area contributed by atoms with Crippen molar-refractivity contribution in [3.8, 4) is 0 Å². The number of carbonyl (C=O) groups is 1. The minimum atomic E-state index is -1.11. The van der Waals surface area contributed by atoms with Gasteiger partial charge in [0.05, 0.1) is 12.3 Å². The molecule has 2 atom stereocenters. The number of anilines is 1. The lowest BCUT2D eigenvalue weighted by Crippen LogP contribution is -2.36. The summed E-state index contributed by atoms with van der Waals surface area (Å²) in [6.07, 6.45) is 3.12. The van der Waals surface area contributed by atoms with Crippen LogP contribution >= 0.6 is 11.6 Å². The number of carboxylic acid groups (broad SMARTS) is 1. The molecule has 120 valence electrons. The average Bonchev–Trinajstić information content (AvgIpc) is 2.75. The van der Waals surface area contributed by atoms with E-state index in [1.54, 1.807) is 6.92 Å². The Bertz CT molecular complexity index is 685. The fourth-order valence-electron chi connectivity index (χ4n) is 3.14. The molecule has 3 rings (SSSR count). The molecular weight excluding hydrogens is 310 g/mol. The molecule has 1 aromatic heterocycles. The van der Waals surface area contributed by atoms with Gasteiger partial charge in [-0.05, 0) is 25.7 Å². The van der Waals surface area contributed by atoms with Gasteiger partial charge in [-0.2, -0.15) is 0 Å². The molecule has 2 aliphatic rings. The van der Waals surface area contributed by atoms with Gasteiger partial charge in [0.15, 0.2) is 11.0 Å². The summed E-state index contributed by atoms with van der Waals surface area (Å²) >= 11 is 6.21. The Balaban J connectivity index is 2.14. The van der Waals surface area contributed by atoms with E-state index in [0.717, 1.165) is 19.3 Å². The van der Waals surface area contributed by atoms with Crippen LogP contribution in [0, 0.1) is 0 Å². The first-order chi connectivity index (χ1) is 10.4. The minimum Gasteiger partial charge on any atom is -0.480 e. The number of nitrogens with one attached hydrogen (secondary N) is 1. The van der Waals surface area contributed by atoms with Crippen molar-refractivity contribution in [2.45, 2.75) is 50.1 Å². The van der Waals surface area contributed by atoms with Crippen LogP contribution in [0.3, 0.4) is 0 Å². The van der Waals surface area contributed by atoms with E-state index in [4.69, 9.17) is 11.6 Å². The first-order valence-corrected chi connectivity index (χ1v) is 7.68. The zero-order valence-corrected chi connectivity index (χ0v) is 12.9. The summed E-state index contributed by atoms with van der Waals surface area (Å²) < 4.78 is 1.18. The number of hydrogen-bond donors (Lipinski definition) is 3. The summed E-state index contributed by atoms with van der Waals surface area (Å²) in [6.45, 7) is 1.39. The molecule has 2 heterocycles. The number of carboxylic acids is 1. The van der Waals surface area contributed by atoms with E-state index < -0.39 is 23.0 Å². The molecular formula is C14H18ClN3O4. The Morgan fingerprint density at radius 2 is 2.23 bits per heavy atom. The third kappa shape index (κ3) is 2.19. The lowest BCUT2D eigenvalue weighted by molar-refractivity contribution is -0.141. The van der Waals surface area contributed by atoms with Crippen molar-refractivity contribution < 1.29 is 15.0 Å². The quantitative estimate of drug-likeness (QED) is 0.766. The van der Waals surface area contributed by atoms with Gasteiger partial charge >= 0.3 is 5.97 Å². The molecule has 0 unspecified atom stereocenters. The Hall–Kier alpha value is -1.60. The number of aliphatic carboxylic acids is 1. The molecule has 8 heteroatoms. The lowest BCUT2D eigenvalue weighted by Gasteiger charge is -2.27.